The van der Waals surface area contributed by atoms with Crippen molar-refractivity contribution in [3.63, 3.8) is 0 Å². The molecule has 156 valence electrons. The first-order valence-electron chi connectivity index (χ1n) is 10.1. The lowest BCUT2D eigenvalue weighted by molar-refractivity contribution is -0.134. The van der Waals surface area contributed by atoms with Gasteiger partial charge in [0.25, 0.3) is 5.91 Å². The van der Waals surface area contributed by atoms with Crippen molar-refractivity contribution in [1.29, 1.82) is 0 Å². The van der Waals surface area contributed by atoms with E-state index in [9.17, 15) is 13.6 Å². The summed E-state index contributed by atoms with van der Waals surface area (Å²) in [7, 11) is 0. The van der Waals surface area contributed by atoms with Gasteiger partial charge in [0.2, 0.25) is 0 Å². The van der Waals surface area contributed by atoms with Crippen LogP contribution in [0.5, 0.6) is 5.75 Å². The van der Waals surface area contributed by atoms with E-state index < -0.39 is 11.6 Å². The van der Waals surface area contributed by atoms with Gasteiger partial charge in [0.05, 0.1) is 12.2 Å². The van der Waals surface area contributed by atoms with E-state index in [1.54, 1.807) is 9.42 Å². The molecular formula is C21H21F2N5O2. The van der Waals surface area contributed by atoms with Crippen molar-refractivity contribution in [1.82, 2.24) is 19.5 Å². The first-order chi connectivity index (χ1) is 14.6. The molecule has 0 N–H and O–H groups in total. The molecule has 5 rings (SSSR count). The number of carbonyl (C=O) groups is 1. The molecule has 1 fully saturated rings. The fourth-order valence-corrected chi connectivity index (χ4v) is 4.04. The van der Waals surface area contributed by atoms with Crippen molar-refractivity contribution in [2.24, 2.45) is 0 Å². The maximum Gasteiger partial charge on any atom is 0.260 e. The van der Waals surface area contributed by atoms with Crippen LogP contribution in [0.15, 0.2) is 30.5 Å². The summed E-state index contributed by atoms with van der Waals surface area (Å²) in [6.07, 6.45) is 4.85. The van der Waals surface area contributed by atoms with Gasteiger partial charge in [-0.2, -0.15) is 5.10 Å². The molecule has 1 aromatic carbocycles. The normalized spacial score (nSPS) is 16.2. The van der Waals surface area contributed by atoms with Crippen molar-refractivity contribution >= 4 is 17.4 Å². The summed E-state index contributed by atoms with van der Waals surface area (Å²) in [4.78, 5) is 21.3. The van der Waals surface area contributed by atoms with Gasteiger partial charge in [-0.25, -0.2) is 18.3 Å². The number of carbonyl (C=O) groups excluding carboxylic acids is 1. The molecule has 0 atom stereocenters. The second kappa shape index (κ2) is 7.55. The maximum absolute atomic E-state index is 13.7. The Hall–Kier alpha value is -3.23. The van der Waals surface area contributed by atoms with Crippen LogP contribution in [0, 0.1) is 11.6 Å². The van der Waals surface area contributed by atoms with Crippen molar-refractivity contribution in [2.75, 3.05) is 31.1 Å². The number of fused-ring (bicyclic) bond motifs is 3. The van der Waals surface area contributed by atoms with Crippen LogP contribution in [0.3, 0.4) is 0 Å². The van der Waals surface area contributed by atoms with E-state index in [0.717, 1.165) is 54.0 Å². The number of rotatable bonds is 4. The van der Waals surface area contributed by atoms with Crippen LogP contribution in [0.2, 0.25) is 0 Å². The number of anilines is 1. The maximum atomic E-state index is 13.7. The Morgan fingerprint density at radius 2 is 1.97 bits per heavy atom. The van der Waals surface area contributed by atoms with Gasteiger partial charge in [-0.15, -0.1) is 0 Å². The molecule has 1 saturated heterocycles. The summed E-state index contributed by atoms with van der Waals surface area (Å²) < 4.78 is 34.0. The number of hydrogen-bond donors (Lipinski definition) is 0. The molecule has 0 unspecified atom stereocenters. The Morgan fingerprint density at radius 3 is 2.80 bits per heavy atom. The third-order valence-electron chi connectivity index (χ3n) is 5.64. The summed E-state index contributed by atoms with van der Waals surface area (Å²) in [6.45, 7) is 2.49. The Labute approximate surface area is 171 Å². The zero-order valence-corrected chi connectivity index (χ0v) is 16.4. The monoisotopic (exact) mass is 413 g/mol. The Morgan fingerprint density at radius 1 is 1.13 bits per heavy atom. The minimum atomic E-state index is -0.702. The van der Waals surface area contributed by atoms with Gasteiger partial charge in [-0.1, -0.05) is 0 Å². The van der Waals surface area contributed by atoms with Gasteiger partial charge in [0, 0.05) is 43.9 Å². The topological polar surface area (TPSA) is 63.0 Å². The average molecular weight is 413 g/mol. The third kappa shape index (κ3) is 3.44. The SMILES string of the molecule is O=C(COc1cc(F)ccc1F)N1CCc2nn3ccc(N4CCCC4)nc3c2C1. The smallest absolute Gasteiger partial charge is 0.260 e. The van der Waals surface area contributed by atoms with Gasteiger partial charge in [-0.3, -0.25) is 4.79 Å². The van der Waals surface area contributed by atoms with E-state index in [2.05, 4.69) is 10.00 Å². The zero-order valence-electron chi connectivity index (χ0n) is 16.4. The van der Waals surface area contributed by atoms with E-state index in [0.29, 0.717) is 19.5 Å². The van der Waals surface area contributed by atoms with Crippen LogP contribution >= 0.6 is 0 Å². The van der Waals surface area contributed by atoms with Crippen molar-refractivity contribution in [3.8, 4) is 5.75 Å². The third-order valence-corrected chi connectivity index (χ3v) is 5.64. The van der Waals surface area contributed by atoms with Gasteiger partial charge in [0.1, 0.15) is 11.6 Å². The number of benzene rings is 1. The summed E-state index contributed by atoms with van der Waals surface area (Å²) in [5, 5.41) is 4.60. The van der Waals surface area contributed by atoms with E-state index >= 15 is 0 Å². The average Bonchev–Trinajstić information content (AvgIpc) is 3.41. The van der Waals surface area contributed by atoms with Crippen molar-refractivity contribution in [2.45, 2.75) is 25.8 Å². The molecule has 0 bridgehead atoms. The first-order valence-corrected chi connectivity index (χ1v) is 10.1. The number of aromatic nitrogens is 3. The molecule has 1 amide bonds. The lowest BCUT2D eigenvalue weighted by atomic mass is 10.1. The molecule has 0 saturated carbocycles. The van der Waals surface area contributed by atoms with Crippen LogP contribution in [-0.2, 0) is 17.8 Å². The molecule has 2 aliphatic rings. The fourth-order valence-electron chi connectivity index (χ4n) is 4.04. The Kier molecular flexibility index (Phi) is 4.72. The summed E-state index contributed by atoms with van der Waals surface area (Å²) >= 11 is 0. The largest absolute Gasteiger partial charge is 0.481 e. The highest BCUT2D eigenvalue weighted by molar-refractivity contribution is 5.78. The quantitative estimate of drug-likeness (QED) is 0.658. The molecule has 7 nitrogen and oxygen atoms in total. The number of ether oxygens (including phenoxy) is 1. The molecule has 0 aliphatic carbocycles. The summed E-state index contributed by atoms with van der Waals surface area (Å²) in [5.74, 6) is -0.955. The van der Waals surface area contributed by atoms with E-state index in [1.807, 2.05) is 12.3 Å². The second-order valence-electron chi connectivity index (χ2n) is 7.60. The standard InChI is InChI=1S/C21H21F2N5O2/c22-14-3-4-16(23)18(11-14)30-13-20(29)27-9-5-17-15(12-27)21-24-19(6-10-28(21)25-17)26-7-1-2-8-26/h3-4,6,10-11H,1-2,5,7-9,12-13H2. The molecule has 9 heteroatoms. The Bertz CT molecular complexity index is 1110. The molecule has 4 heterocycles. The van der Waals surface area contributed by atoms with Gasteiger partial charge in [0.15, 0.2) is 23.8 Å². The highest BCUT2D eigenvalue weighted by Gasteiger charge is 2.27. The highest BCUT2D eigenvalue weighted by atomic mass is 19.1. The summed E-state index contributed by atoms with van der Waals surface area (Å²) in [6, 6.07) is 4.89. The van der Waals surface area contributed by atoms with Crippen LogP contribution in [0.4, 0.5) is 14.6 Å². The molecule has 0 spiro atoms. The van der Waals surface area contributed by atoms with Crippen LogP contribution in [0.25, 0.3) is 5.65 Å². The lowest BCUT2D eigenvalue weighted by Crippen LogP contribution is -2.38. The molecule has 30 heavy (non-hydrogen) atoms. The van der Waals surface area contributed by atoms with E-state index in [-0.39, 0.29) is 18.3 Å². The molecule has 3 aromatic rings. The molecule has 2 aromatic heterocycles. The predicted molar refractivity (Wildman–Crippen MR) is 105 cm³/mol. The van der Waals surface area contributed by atoms with Gasteiger partial charge >= 0.3 is 0 Å². The fraction of sp³-hybridized carbons (Fsp3) is 0.381. The van der Waals surface area contributed by atoms with Gasteiger partial charge in [-0.05, 0) is 31.0 Å². The van der Waals surface area contributed by atoms with E-state index in [4.69, 9.17) is 9.72 Å². The van der Waals surface area contributed by atoms with Crippen LogP contribution in [0.1, 0.15) is 24.1 Å². The van der Waals surface area contributed by atoms with Crippen LogP contribution in [-0.4, -0.2) is 51.6 Å². The Balaban J connectivity index is 1.33. The van der Waals surface area contributed by atoms with Gasteiger partial charge < -0.3 is 14.5 Å². The number of amides is 1. The number of hydrogen-bond acceptors (Lipinski definition) is 5. The predicted octanol–water partition coefficient (Wildman–Crippen LogP) is 2.57. The minimum absolute atomic E-state index is 0.269. The first kappa shape index (κ1) is 18.8. The highest BCUT2D eigenvalue weighted by Crippen LogP contribution is 2.25. The van der Waals surface area contributed by atoms with Crippen molar-refractivity contribution in [3.05, 3.63) is 53.4 Å². The molecule has 0 radical (unpaired) electrons. The number of nitrogens with zero attached hydrogens (tertiary/aromatic N) is 5. The second-order valence-corrected chi connectivity index (χ2v) is 7.60. The van der Waals surface area contributed by atoms with E-state index in [1.165, 1.54) is 12.8 Å². The summed E-state index contributed by atoms with van der Waals surface area (Å²) in [5.41, 5.74) is 2.61. The van der Waals surface area contributed by atoms with Crippen molar-refractivity contribution < 1.29 is 18.3 Å². The van der Waals surface area contributed by atoms with Crippen LogP contribution < -0.4 is 9.64 Å². The zero-order chi connectivity index (χ0) is 20.7. The molecule has 2 aliphatic heterocycles. The lowest BCUT2D eigenvalue weighted by Gasteiger charge is -2.26. The minimum Gasteiger partial charge on any atom is -0.481 e. The molecular weight excluding hydrogens is 392 g/mol. The number of halogens is 2.